The van der Waals surface area contributed by atoms with Crippen LogP contribution < -0.4 is 5.73 Å². The molecule has 15 heavy (non-hydrogen) atoms. The van der Waals surface area contributed by atoms with Crippen LogP contribution in [0.5, 0.6) is 0 Å². The Kier molecular flexibility index (Phi) is 6.10. The van der Waals surface area contributed by atoms with Crippen LogP contribution in [0.15, 0.2) is 0 Å². The Hall–Kier alpha value is -0.380. The molecule has 0 heterocycles. The van der Waals surface area contributed by atoms with Gasteiger partial charge in [-0.15, -0.1) is 0 Å². The van der Waals surface area contributed by atoms with E-state index in [0.717, 1.165) is 0 Å². The van der Waals surface area contributed by atoms with Gasteiger partial charge in [0, 0.05) is 13.3 Å². The average Bonchev–Trinajstić information content (AvgIpc) is 2.13. The molecule has 0 saturated carbocycles. The van der Waals surface area contributed by atoms with Crippen molar-refractivity contribution in [1.29, 1.82) is 0 Å². The van der Waals surface area contributed by atoms with E-state index in [4.69, 9.17) is 15.4 Å². The van der Waals surface area contributed by atoms with Gasteiger partial charge in [0.1, 0.15) is 0 Å². The van der Waals surface area contributed by atoms with E-state index in [1.54, 1.807) is 0 Å². The first kappa shape index (κ1) is 14.6. The zero-order chi connectivity index (χ0) is 12.1. The maximum absolute atomic E-state index is 12.1. The highest BCUT2D eigenvalue weighted by molar-refractivity contribution is 7.59. The summed E-state index contributed by atoms with van der Waals surface area (Å²) >= 11 is 0. The lowest BCUT2D eigenvalue weighted by Gasteiger charge is -2.23. The van der Waals surface area contributed by atoms with Crippen molar-refractivity contribution in [2.24, 2.45) is 11.7 Å². The Balaban J connectivity index is 4.40. The van der Waals surface area contributed by atoms with Crippen LogP contribution in [0.1, 0.15) is 26.7 Å². The zero-order valence-electron chi connectivity index (χ0n) is 9.47. The highest BCUT2D eigenvalue weighted by Crippen LogP contribution is 2.51. The standard InChI is InChI=1S/C9H20NO4P/c1-7(2)6-8(10)15(13,14-3)5-4-9(11)12/h7-8H,4-6,10H2,1-3H3,(H,11,12). The average molecular weight is 237 g/mol. The van der Waals surface area contributed by atoms with Crippen molar-refractivity contribution in [3.8, 4) is 0 Å². The van der Waals surface area contributed by atoms with E-state index in [0.29, 0.717) is 12.3 Å². The van der Waals surface area contributed by atoms with Gasteiger partial charge in [-0.1, -0.05) is 13.8 Å². The van der Waals surface area contributed by atoms with E-state index in [1.165, 1.54) is 7.11 Å². The Morgan fingerprint density at radius 3 is 2.40 bits per heavy atom. The first-order valence-corrected chi connectivity index (χ1v) is 6.81. The molecule has 5 nitrogen and oxygen atoms in total. The molecule has 0 radical (unpaired) electrons. The minimum absolute atomic E-state index is 0.00667. The third kappa shape index (κ3) is 5.30. The Morgan fingerprint density at radius 1 is 1.53 bits per heavy atom. The van der Waals surface area contributed by atoms with Crippen LogP contribution in [0.3, 0.4) is 0 Å². The largest absolute Gasteiger partial charge is 0.481 e. The Morgan fingerprint density at radius 2 is 2.07 bits per heavy atom. The number of carboxylic acids is 1. The van der Waals surface area contributed by atoms with E-state index in [1.807, 2.05) is 13.8 Å². The minimum atomic E-state index is -3.00. The monoisotopic (exact) mass is 237 g/mol. The molecular weight excluding hydrogens is 217 g/mol. The van der Waals surface area contributed by atoms with Crippen LogP contribution in [0.2, 0.25) is 0 Å². The molecule has 0 amide bonds. The second-order valence-corrected chi connectivity index (χ2v) is 6.90. The summed E-state index contributed by atoms with van der Waals surface area (Å²) < 4.78 is 17.0. The summed E-state index contributed by atoms with van der Waals surface area (Å²) in [7, 11) is -1.68. The van der Waals surface area contributed by atoms with Crippen LogP contribution in [0.25, 0.3) is 0 Å². The summed E-state index contributed by atoms with van der Waals surface area (Å²) in [6.45, 7) is 3.94. The van der Waals surface area contributed by atoms with Gasteiger partial charge in [0.25, 0.3) is 0 Å². The molecule has 2 unspecified atom stereocenters. The van der Waals surface area contributed by atoms with Gasteiger partial charge in [0.05, 0.1) is 12.2 Å². The number of rotatable bonds is 7. The Bertz CT molecular complexity index is 254. The molecule has 0 rings (SSSR count). The van der Waals surface area contributed by atoms with E-state index in [9.17, 15) is 9.36 Å². The van der Waals surface area contributed by atoms with Gasteiger partial charge in [-0.05, 0) is 12.3 Å². The first-order valence-electron chi connectivity index (χ1n) is 4.93. The SMILES string of the molecule is COP(=O)(CCC(=O)O)C(N)CC(C)C. The smallest absolute Gasteiger partial charge is 0.303 e. The van der Waals surface area contributed by atoms with Crippen molar-refractivity contribution in [1.82, 2.24) is 0 Å². The molecule has 0 aromatic carbocycles. The number of carboxylic acid groups (broad SMARTS) is 1. The fourth-order valence-corrected chi connectivity index (χ4v) is 3.32. The van der Waals surface area contributed by atoms with Crippen LogP contribution in [0.4, 0.5) is 0 Å². The van der Waals surface area contributed by atoms with E-state index >= 15 is 0 Å². The second-order valence-electron chi connectivity index (χ2n) is 3.97. The predicted molar refractivity (Wildman–Crippen MR) is 59.2 cm³/mol. The van der Waals surface area contributed by atoms with Crippen molar-refractivity contribution < 1.29 is 19.0 Å². The van der Waals surface area contributed by atoms with Crippen molar-refractivity contribution in [3.05, 3.63) is 0 Å². The maximum atomic E-state index is 12.1. The molecule has 0 fully saturated rings. The highest BCUT2D eigenvalue weighted by Gasteiger charge is 2.31. The Labute approximate surface area is 90.4 Å². The van der Waals surface area contributed by atoms with E-state index < -0.39 is 19.1 Å². The predicted octanol–water partition coefficient (Wildman–Crippen LogP) is 1.72. The minimum Gasteiger partial charge on any atom is -0.481 e. The van der Waals surface area contributed by atoms with Crippen molar-refractivity contribution in [2.45, 2.75) is 32.5 Å². The molecule has 0 aliphatic heterocycles. The third-order valence-corrected chi connectivity index (χ3v) is 4.85. The molecule has 0 aromatic rings. The van der Waals surface area contributed by atoms with Gasteiger partial charge < -0.3 is 15.4 Å². The summed E-state index contributed by atoms with van der Waals surface area (Å²) in [5.41, 5.74) is 5.77. The molecule has 0 aliphatic rings. The molecule has 0 aromatic heterocycles. The lowest BCUT2D eigenvalue weighted by atomic mass is 10.1. The number of aliphatic carboxylic acids is 1. The normalized spacial score (nSPS) is 17.4. The summed E-state index contributed by atoms with van der Waals surface area (Å²) in [5.74, 6) is -1.24. The fraction of sp³-hybridized carbons (Fsp3) is 0.889. The van der Waals surface area contributed by atoms with Gasteiger partial charge >= 0.3 is 5.97 Å². The maximum Gasteiger partial charge on any atom is 0.303 e. The summed E-state index contributed by atoms with van der Waals surface area (Å²) in [6.07, 6.45) is 0.411. The number of hydrogen-bond donors (Lipinski definition) is 2. The summed E-state index contributed by atoms with van der Waals surface area (Å²) in [5, 5.41) is 8.52. The molecular formula is C9H20NO4P. The quantitative estimate of drug-likeness (QED) is 0.658. The molecule has 0 aliphatic carbocycles. The van der Waals surface area contributed by atoms with Gasteiger partial charge in [0.2, 0.25) is 7.37 Å². The van der Waals surface area contributed by atoms with E-state index in [2.05, 4.69) is 0 Å². The number of hydrogen-bond acceptors (Lipinski definition) is 4. The van der Waals surface area contributed by atoms with Gasteiger partial charge in [0.15, 0.2) is 0 Å². The topological polar surface area (TPSA) is 89.6 Å². The molecule has 0 bridgehead atoms. The van der Waals surface area contributed by atoms with Gasteiger partial charge in [-0.3, -0.25) is 9.36 Å². The van der Waals surface area contributed by atoms with Crippen LogP contribution in [-0.4, -0.2) is 30.1 Å². The van der Waals surface area contributed by atoms with Crippen molar-refractivity contribution in [3.63, 3.8) is 0 Å². The second kappa shape index (κ2) is 6.26. The first-order chi connectivity index (χ1) is 6.81. The zero-order valence-corrected chi connectivity index (χ0v) is 10.4. The third-order valence-electron chi connectivity index (χ3n) is 2.16. The number of carbonyl (C=O) groups is 1. The van der Waals surface area contributed by atoms with Crippen molar-refractivity contribution >= 4 is 13.3 Å². The van der Waals surface area contributed by atoms with Crippen LogP contribution >= 0.6 is 7.37 Å². The van der Waals surface area contributed by atoms with Crippen LogP contribution in [-0.2, 0) is 13.9 Å². The molecule has 6 heteroatoms. The molecule has 3 N–H and O–H groups in total. The van der Waals surface area contributed by atoms with Crippen molar-refractivity contribution in [2.75, 3.05) is 13.3 Å². The molecule has 0 saturated heterocycles. The molecule has 2 atom stereocenters. The lowest BCUT2D eigenvalue weighted by Crippen LogP contribution is -2.25. The molecule has 90 valence electrons. The fourth-order valence-electron chi connectivity index (χ4n) is 1.29. The molecule has 0 spiro atoms. The summed E-state index contributed by atoms with van der Waals surface area (Å²) in [4.78, 5) is 10.4. The summed E-state index contributed by atoms with van der Waals surface area (Å²) in [6, 6.07) is 0. The van der Waals surface area contributed by atoms with Gasteiger partial charge in [-0.2, -0.15) is 0 Å². The van der Waals surface area contributed by atoms with Gasteiger partial charge in [-0.25, -0.2) is 0 Å². The lowest BCUT2D eigenvalue weighted by molar-refractivity contribution is -0.136. The number of nitrogens with two attached hydrogens (primary N) is 1. The van der Waals surface area contributed by atoms with E-state index in [-0.39, 0.29) is 12.6 Å². The van der Waals surface area contributed by atoms with Crippen LogP contribution in [0, 0.1) is 5.92 Å². The highest BCUT2D eigenvalue weighted by atomic mass is 31.2.